The topological polar surface area (TPSA) is 71.4 Å². The highest BCUT2D eigenvalue weighted by molar-refractivity contribution is 6.26. The van der Waals surface area contributed by atoms with Crippen molar-refractivity contribution in [2.24, 2.45) is 0 Å². The Labute approximate surface area is 148 Å². The molecule has 1 aromatic rings. The maximum atomic E-state index is 12.6. The number of carbonyl (C=O) groups excluding carboxylic acids is 2. The lowest BCUT2D eigenvalue weighted by atomic mass is 9.82. The number of hydrogen-bond acceptors (Lipinski definition) is 3. The average Bonchev–Trinajstić information content (AvgIpc) is 2.60. The molecule has 0 saturated heterocycles. The number of carboxylic acids is 1. The maximum absolute atomic E-state index is 12.6. The summed E-state index contributed by atoms with van der Waals surface area (Å²) in [5.41, 5.74) is 2.32. The Morgan fingerprint density at radius 3 is 1.96 bits per heavy atom. The van der Waals surface area contributed by atoms with E-state index in [0.29, 0.717) is 28.7 Å². The standard InChI is InChI=1S/C21H26O4/c1-15-16(11-7-5-3-2-4-6-8-14-19(22)23)21(25)18-13-10-9-12-17(18)20(15)24/h9-10,12-13H,2-8,11,14H2,1H3,(H,22,23). The number of benzene rings is 1. The average molecular weight is 342 g/mol. The van der Waals surface area contributed by atoms with Crippen molar-refractivity contribution in [1.29, 1.82) is 0 Å². The molecule has 0 bridgehead atoms. The molecule has 0 unspecified atom stereocenters. The summed E-state index contributed by atoms with van der Waals surface area (Å²) in [4.78, 5) is 35.4. The first kappa shape index (κ1) is 19.1. The van der Waals surface area contributed by atoms with Crippen molar-refractivity contribution in [3.63, 3.8) is 0 Å². The van der Waals surface area contributed by atoms with Crippen LogP contribution in [0.25, 0.3) is 0 Å². The molecule has 0 spiro atoms. The molecule has 2 rings (SSSR count). The van der Waals surface area contributed by atoms with Crippen LogP contribution in [0.15, 0.2) is 35.4 Å². The van der Waals surface area contributed by atoms with Crippen molar-refractivity contribution in [1.82, 2.24) is 0 Å². The van der Waals surface area contributed by atoms with Gasteiger partial charge in [0, 0.05) is 28.7 Å². The molecule has 134 valence electrons. The number of aliphatic carboxylic acids is 1. The first-order valence-electron chi connectivity index (χ1n) is 9.12. The van der Waals surface area contributed by atoms with E-state index >= 15 is 0 Å². The second-order valence-electron chi connectivity index (χ2n) is 6.68. The minimum atomic E-state index is -0.725. The Morgan fingerprint density at radius 1 is 0.840 bits per heavy atom. The maximum Gasteiger partial charge on any atom is 0.303 e. The molecule has 25 heavy (non-hydrogen) atoms. The highest BCUT2D eigenvalue weighted by Crippen LogP contribution is 2.29. The van der Waals surface area contributed by atoms with Gasteiger partial charge in [-0.05, 0) is 26.2 Å². The third kappa shape index (κ3) is 5.12. The van der Waals surface area contributed by atoms with E-state index in [1.807, 2.05) is 0 Å². The van der Waals surface area contributed by atoms with Gasteiger partial charge in [-0.3, -0.25) is 14.4 Å². The van der Waals surface area contributed by atoms with E-state index < -0.39 is 5.97 Å². The number of allylic oxidation sites excluding steroid dienone is 2. The second kappa shape index (κ2) is 9.30. The van der Waals surface area contributed by atoms with Gasteiger partial charge >= 0.3 is 5.97 Å². The molecule has 1 aliphatic rings. The fraction of sp³-hybridized carbons (Fsp3) is 0.476. The number of carboxylic acid groups (broad SMARTS) is 1. The number of carbonyl (C=O) groups is 3. The van der Waals surface area contributed by atoms with E-state index in [0.717, 1.165) is 44.9 Å². The van der Waals surface area contributed by atoms with Crippen LogP contribution < -0.4 is 0 Å². The summed E-state index contributed by atoms with van der Waals surface area (Å²) in [5, 5.41) is 8.58. The molecule has 0 saturated carbocycles. The molecule has 0 heterocycles. The van der Waals surface area contributed by atoms with Gasteiger partial charge in [0.15, 0.2) is 11.6 Å². The van der Waals surface area contributed by atoms with Crippen molar-refractivity contribution < 1.29 is 19.5 Å². The third-order valence-electron chi connectivity index (χ3n) is 4.80. The summed E-state index contributed by atoms with van der Waals surface area (Å²) >= 11 is 0. The molecular weight excluding hydrogens is 316 g/mol. The number of rotatable bonds is 10. The van der Waals surface area contributed by atoms with Crippen LogP contribution in [-0.2, 0) is 4.79 Å². The van der Waals surface area contributed by atoms with Crippen molar-refractivity contribution in [2.75, 3.05) is 0 Å². The highest BCUT2D eigenvalue weighted by atomic mass is 16.4. The van der Waals surface area contributed by atoms with E-state index in [-0.39, 0.29) is 18.0 Å². The van der Waals surface area contributed by atoms with Crippen LogP contribution in [0.3, 0.4) is 0 Å². The van der Waals surface area contributed by atoms with Crippen LogP contribution in [0.4, 0.5) is 0 Å². The first-order valence-corrected chi connectivity index (χ1v) is 9.12. The quantitative estimate of drug-likeness (QED) is 0.609. The normalized spacial score (nSPS) is 14.0. The van der Waals surface area contributed by atoms with Gasteiger partial charge in [-0.25, -0.2) is 0 Å². The molecule has 4 heteroatoms. The lowest BCUT2D eigenvalue weighted by molar-refractivity contribution is -0.137. The van der Waals surface area contributed by atoms with Gasteiger partial charge in [-0.15, -0.1) is 0 Å². The van der Waals surface area contributed by atoms with Crippen LogP contribution in [0.5, 0.6) is 0 Å². The summed E-state index contributed by atoms with van der Waals surface area (Å²) in [6.07, 6.45) is 7.78. The number of ketones is 2. The molecule has 1 aromatic carbocycles. The number of fused-ring (bicyclic) bond motifs is 1. The van der Waals surface area contributed by atoms with Crippen LogP contribution in [0.2, 0.25) is 0 Å². The zero-order valence-corrected chi connectivity index (χ0v) is 14.8. The van der Waals surface area contributed by atoms with Crippen molar-refractivity contribution in [3.8, 4) is 0 Å². The van der Waals surface area contributed by atoms with Crippen LogP contribution >= 0.6 is 0 Å². The number of hydrogen-bond donors (Lipinski definition) is 1. The summed E-state index contributed by atoms with van der Waals surface area (Å²) in [6, 6.07) is 7.05. The molecular formula is C21H26O4. The van der Waals surface area contributed by atoms with Gasteiger partial charge in [0.25, 0.3) is 0 Å². The Morgan fingerprint density at radius 2 is 1.36 bits per heavy atom. The van der Waals surface area contributed by atoms with Crippen molar-refractivity contribution in [3.05, 3.63) is 46.5 Å². The highest BCUT2D eigenvalue weighted by Gasteiger charge is 2.28. The zero-order valence-electron chi connectivity index (χ0n) is 14.8. The van der Waals surface area contributed by atoms with E-state index in [1.165, 1.54) is 0 Å². The van der Waals surface area contributed by atoms with E-state index in [9.17, 15) is 14.4 Å². The Hall–Kier alpha value is -2.23. The Balaban J connectivity index is 1.74. The molecule has 0 aliphatic heterocycles. The molecule has 0 amide bonds. The van der Waals surface area contributed by atoms with Gasteiger partial charge < -0.3 is 5.11 Å². The summed E-state index contributed by atoms with van der Waals surface area (Å²) in [6.45, 7) is 1.76. The van der Waals surface area contributed by atoms with Gasteiger partial charge in [0.1, 0.15) is 0 Å². The van der Waals surface area contributed by atoms with Crippen molar-refractivity contribution >= 4 is 17.5 Å². The molecule has 0 fully saturated rings. The van der Waals surface area contributed by atoms with E-state index in [1.54, 1.807) is 31.2 Å². The van der Waals surface area contributed by atoms with Crippen molar-refractivity contribution in [2.45, 2.75) is 64.7 Å². The summed E-state index contributed by atoms with van der Waals surface area (Å²) in [7, 11) is 0. The lowest BCUT2D eigenvalue weighted by Crippen LogP contribution is -2.20. The number of Topliss-reactive ketones (excluding diaryl/α,β-unsaturated/α-hetero) is 2. The van der Waals surface area contributed by atoms with Gasteiger partial charge in [-0.1, -0.05) is 56.4 Å². The van der Waals surface area contributed by atoms with Crippen LogP contribution in [0, 0.1) is 0 Å². The summed E-state index contributed by atoms with van der Waals surface area (Å²) < 4.78 is 0. The molecule has 1 aliphatic carbocycles. The predicted octanol–water partition coefficient (Wildman–Crippen LogP) is 4.98. The van der Waals surface area contributed by atoms with Gasteiger partial charge in [0.2, 0.25) is 0 Å². The predicted molar refractivity (Wildman–Crippen MR) is 97.0 cm³/mol. The Kier molecular flexibility index (Phi) is 7.11. The smallest absolute Gasteiger partial charge is 0.303 e. The number of unbranched alkanes of at least 4 members (excludes halogenated alkanes) is 6. The first-order chi connectivity index (χ1) is 12.0. The third-order valence-corrected chi connectivity index (χ3v) is 4.80. The second-order valence-corrected chi connectivity index (χ2v) is 6.68. The molecule has 0 atom stereocenters. The minimum Gasteiger partial charge on any atom is -0.481 e. The zero-order chi connectivity index (χ0) is 18.2. The molecule has 0 radical (unpaired) electrons. The summed E-state index contributed by atoms with van der Waals surface area (Å²) in [5.74, 6) is -0.748. The molecule has 4 nitrogen and oxygen atoms in total. The molecule has 1 N–H and O–H groups in total. The Bertz CT molecular complexity index is 685. The van der Waals surface area contributed by atoms with Gasteiger partial charge in [0.05, 0.1) is 0 Å². The van der Waals surface area contributed by atoms with Crippen LogP contribution in [0.1, 0.15) is 85.4 Å². The fourth-order valence-electron chi connectivity index (χ4n) is 3.31. The lowest BCUT2D eigenvalue weighted by Gasteiger charge is -2.18. The SMILES string of the molecule is CC1=C(CCCCCCCCCC(=O)O)C(=O)c2ccccc2C1=O. The van der Waals surface area contributed by atoms with Crippen LogP contribution in [-0.4, -0.2) is 22.6 Å². The van der Waals surface area contributed by atoms with E-state index in [4.69, 9.17) is 5.11 Å². The minimum absolute atomic E-state index is 0.00127. The van der Waals surface area contributed by atoms with Gasteiger partial charge in [-0.2, -0.15) is 0 Å². The fourth-order valence-corrected chi connectivity index (χ4v) is 3.31. The van der Waals surface area contributed by atoms with E-state index in [2.05, 4.69) is 0 Å². The molecule has 0 aromatic heterocycles. The monoisotopic (exact) mass is 342 g/mol. The largest absolute Gasteiger partial charge is 0.481 e.